The Balaban J connectivity index is 1.94. The van der Waals surface area contributed by atoms with E-state index in [2.05, 4.69) is 4.98 Å². The maximum absolute atomic E-state index is 13.7. The first-order chi connectivity index (χ1) is 15.4. The van der Waals surface area contributed by atoms with Gasteiger partial charge in [-0.3, -0.25) is 24.3 Å². The summed E-state index contributed by atoms with van der Waals surface area (Å²) in [5.41, 5.74) is 0.940. The molecule has 0 saturated heterocycles. The summed E-state index contributed by atoms with van der Waals surface area (Å²) in [6.07, 6.45) is 0. The van der Waals surface area contributed by atoms with E-state index in [0.29, 0.717) is 21.5 Å². The normalized spacial score (nSPS) is 11.2. The van der Waals surface area contributed by atoms with Crippen LogP contribution in [0.3, 0.4) is 0 Å². The van der Waals surface area contributed by atoms with Crippen LogP contribution in [-0.4, -0.2) is 14.5 Å². The van der Waals surface area contributed by atoms with Crippen molar-refractivity contribution >= 4 is 37.3 Å². The Labute approximate surface area is 185 Å². The molecule has 32 heavy (non-hydrogen) atoms. The van der Waals surface area contributed by atoms with E-state index in [-0.39, 0.29) is 22.3 Å². The molecular weight excluding hydrogens is 426 g/mol. The van der Waals surface area contributed by atoms with Gasteiger partial charge < -0.3 is 0 Å². The molecule has 0 unspecified atom stereocenters. The third-order valence-electron chi connectivity index (χ3n) is 5.22. The van der Waals surface area contributed by atoms with Crippen molar-refractivity contribution in [1.82, 2.24) is 9.55 Å². The van der Waals surface area contributed by atoms with Gasteiger partial charge in [0.15, 0.2) is 0 Å². The van der Waals surface area contributed by atoms with Crippen molar-refractivity contribution in [3.63, 3.8) is 0 Å². The molecule has 0 saturated carbocycles. The standard InChI is InChI=1S/C24H15N3O4S/c1-14-9-11-16(12-10-14)26-22(15-5-4-6-17(13-15)27(30)31)25-23-20(24(26)29)21(28)18-7-2-3-8-19(18)32-23/h2-13H,1H3. The lowest BCUT2D eigenvalue weighted by molar-refractivity contribution is -0.384. The highest BCUT2D eigenvalue weighted by atomic mass is 32.1. The number of nitro groups is 1. The Morgan fingerprint density at radius 2 is 1.72 bits per heavy atom. The number of aryl methyl sites for hydroxylation is 1. The van der Waals surface area contributed by atoms with E-state index in [0.717, 1.165) is 10.3 Å². The molecule has 0 aliphatic rings. The molecule has 2 aromatic heterocycles. The van der Waals surface area contributed by atoms with E-state index in [1.54, 1.807) is 42.5 Å². The number of hydrogen-bond donors (Lipinski definition) is 0. The number of benzene rings is 3. The lowest BCUT2D eigenvalue weighted by Gasteiger charge is -2.14. The number of fused-ring (bicyclic) bond motifs is 2. The lowest BCUT2D eigenvalue weighted by Crippen LogP contribution is -2.26. The molecule has 2 heterocycles. The van der Waals surface area contributed by atoms with Crippen LogP contribution in [0.4, 0.5) is 5.69 Å². The van der Waals surface area contributed by atoms with E-state index in [4.69, 9.17) is 0 Å². The lowest BCUT2D eigenvalue weighted by atomic mass is 10.1. The van der Waals surface area contributed by atoms with Crippen molar-refractivity contribution in [2.24, 2.45) is 0 Å². The molecular formula is C24H15N3O4S. The summed E-state index contributed by atoms with van der Waals surface area (Å²) in [6, 6.07) is 20.3. The molecule has 156 valence electrons. The van der Waals surface area contributed by atoms with E-state index in [1.807, 2.05) is 25.1 Å². The molecule has 0 amide bonds. The van der Waals surface area contributed by atoms with Crippen molar-refractivity contribution in [3.05, 3.63) is 109 Å². The van der Waals surface area contributed by atoms with E-state index < -0.39 is 10.5 Å². The van der Waals surface area contributed by atoms with Crippen LogP contribution in [0.15, 0.2) is 82.4 Å². The average molecular weight is 441 g/mol. The summed E-state index contributed by atoms with van der Waals surface area (Å²) in [5, 5.41) is 11.8. The third-order valence-corrected chi connectivity index (χ3v) is 6.29. The summed E-state index contributed by atoms with van der Waals surface area (Å²) in [4.78, 5) is 42.7. The predicted molar refractivity (Wildman–Crippen MR) is 126 cm³/mol. The molecule has 0 N–H and O–H groups in total. The molecule has 0 atom stereocenters. The molecule has 0 fully saturated rings. The molecule has 0 aliphatic heterocycles. The second-order valence-electron chi connectivity index (χ2n) is 7.33. The summed E-state index contributed by atoms with van der Waals surface area (Å²) < 4.78 is 2.07. The Morgan fingerprint density at radius 1 is 0.969 bits per heavy atom. The fourth-order valence-electron chi connectivity index (χ4n) is 3.64. The zero-order chi connectivity index (χ0) is 22.4. The zero-order valence-electron chi connectivity index (χ0n) is 16.8. The highest BCUT2D eigenvalue weighted by Gasteiger charge is 2.20. The van der Waals surface area contributed by atoms with Gasteiger partial charge in [-0.25, -0.2) is 4.98 Å². The molecule has 0 aliphatic carbocycles. The van der Waals surface area contributed by atoms with Crippen LogP contribution in [-0.2, 0) is 0 Å². The van der Waals surface area contributed by atoms with E-state index in [9.17, 15) is 19.7 Å². The van der Waals surface area contributed by atoms with Gasteiger partial charge in [0.05, 0.1) is 10.6 Å². The molecule has 7 nitrogen and oxygen atoms in total. The van der Waals surface area contributed by atoms with Crippen LogP contribution in [0, 0.1) is 17.0 Å². The van der Waals surface area contributed by atoms with Crippen molar-refractivity contribution in [3.8, 4) is 17.1 Å². The Kier molecular flexibility index (Phi) is 4.64. The van der Waals surface area contributed by atoms with Crippen molar-refractivity contribution < 1.29 is 4.92 Å². The van der Waals surface area contributed by atoms with Crippen molar-refractivity contribution in [2.45, 2.75) is 6.92 Å². The molecule has 0 bridgehead atoms. The van der Waals surface area contributed by atoms with Gasteiger partial charge in [0, 0.05) is 27.8 Å². The van der Waals surface area contributed by atoms with Gasteiger partial charge in [0.1, 0.15) is 16.0 Å². The first kappa shape index (κ1) is 19.8. The van der Waals surface area contributed by atoms with Crippen molar-refractivity contribution in [2.75, 3.05) is 0 Å². The summed E-state index contributed by atoms with van der Waals surface area (Å²) in [6.45, 7) is 1.93. The van der Waals surface area contributed by atoms with E-state index in [1.165, 1.54) is 28.0 Å². The maximum Gasteiger partial charge on any atom is 0.271 e. The van der Waals surface area contributed by atoms with Gasteiger partial charge in [-0.1, -0.05) is 42.0 Å². The smallest absolute Gasteiger partial charge is 0.271 e. The molecule has 8 heteroatoms. The quantitative estimate of drug-likeness (QED) is 0.227. The highest BCUT2D eigenvalue weighted by Crippen LogP contribution is 2.28. The Morgan fingerprint density at radius 3 is 2.47 bits per heavy atom. The Hall–Kier alpha value is -4.17. The minimum Gasteiger partial charge on any atom is -0.288 e. The summed E-state index contributed by atoms with van der Waals surface area (Å²) in [7, 11) is 0. The number of hydrogen-bond acceptors (Lipinski definition) is 6. The number of rotatable bonds is 3. The molecule has 0 radical (unpaired) electrons. The third kappa shape index (κ3) is 3.17. The molecule has 3 aromatic carbocycles. The Bertz CT molecular complexity index is 1650. The fraction of sp³-hybridized carbons (Fsp3) is 0.0417. The van der Waals surface area contributed by atoms with Crippen LogP contribution in [0.5, 0.6) is 0 Å². The van der Waals surface area contributed by atoms with Crippen LogP contribution in [0.2, 0.25) is 0 Å². The molecule has 5 rings (SSSR count). The van der Waals surface area contributed by atoms with E-state index >= 15 is 0 Å². The highest BCUT2D eigenvalue weighted by molar-refractivity contribution is 7.24. The van der Waals surface area contributed by atoms with Gasteiger partial charge in [0.25, 0.3) is 11.2 Å². The van der Waals surface area contributed by atoms with Crippen LogP contribution < -0.4 is 11.0 Å². The monoisotopic (exact) mass is 441 g/mol. The molecule has 5 aromatic rings. The van der Waals surface area contributed by atoms with Gasteiger partial charge in [-0.2, -0.15) is 0 Å². The number of nitrogens with zero attached hydrogens (tertiary/aromatic N) is 3. The van der Waals surface area contributed by atoms with Crippen LogP contribution in [0.1, 0.15) is 5.56 Å². The minimum absolute atomic E-state index is 0.00320. The number of non-ortho nitro benzene ring substituents is 1. The van der Waals surface area contributed by atoms with Gasteiger partial charge >= 0.3 is 0 Å². The van der Waals surface area contributed by atoms with Crippen LogP contribution >= 0.6 is 11.3 Å². The van der Waals surface area contributed by atoms with Crippen LogP contribution in [0.25, 0.3) is 37.4 Å². The number of nitro benzene ring substituents is 1. The first-order valence-corrected chi connectivity index (χ1v) is 10.6. The first-order valence-electron chi connectivity index (χ1n) is 9.74. The minimum atomic E-state index is -0.507. The second kappa shape index (κ2) is 7.51. The summed E-state index contributed by atoms with van der Waals surface area (Å²) in [5.74, 6) is 0.237. The second-order valence-corrected chi connectivity index (χ2v) is 8.36. The zero-order valence-corrected chi connectivity index (χ0v) is 17.6. The topological polar surface area (TPSA) is 95.1 Å². The largest absolute Gasteiger partial charge is 0.288 e. The maximum atomic E-state index is 13.7. The van der Waals surface area contributed by atoms with Crippen molar-refractivity contribution in [1.29, 1.82) is 0 Å². The van der Waals surface area contributed by atoms with Gasteiger partial charge in [-0.05, 0) is 31.2 Å². The summed E-state index contributed by atoms with van der Waals surface area (Å²) >= 11 is 1.25. The number of aromatic nitrogens is 2. The van der Waals surface area contributed by atoms with Gasteiger partial charge in [-0.15, -0.1) is 11.3 Å². The van der Waals surface area contributed by atoms with Gasteiger partial charge in [0.2, 0.25) is 5.43 Å². The fourth-order valence-corrected chi connectivity index (χ4v) is 4.68. The molecule has 0 spiro atoms. The average Bonchev–Trinajstić information content (AvgIpc) is 2.80. The predicted octanol–water partition coefficient (Wildman–Crippen LogP) is 4.84. The SMILES string of the molecule is Cc1ccc(-n2c(-c3cccc([N+](=O)[O-])c3)nc3sc4ccccc4c(=O)c3c2=O)cc1.